The van der Waals surface area contributed by atoms with Crippen LogP contribution in [0.5, 0.6) is 0 Å². The summed E-state index contributed by atoms with van der Waals surface area (Å²) in [5.74, 6) is -0.228. The van der Waals surface area contributed by atoms with Crippen LogP contribution in [0, 0.1) is 13.8 Å². The number of fused-ring (bicyclic) bond motifs is 2. The fourth-order valence-corrected chi connectivity index (χ4v) is 4.09. The van der Waals surface area contributed by atoms with Gasteiger partial charge in [0.2, 0.25) is 5.91 Å². The van der Waals surface area contributed by atoms with Gasteiger partial charge in [0.15, 0.2) is 0 Å². The lowest BCUT2D eigenvalue weighted by Crippen LogP contribution is -2.16. The highest BCUT2D eigenvalue weighted by molar-refractivity contribution is 9.10. The molecule has 0 spiro atoms. The summed E-state index contributed by atoms with van der Waals surface area (Å²) in [6.45, 7) is 3.84. The number of rotatable bonds is 4. The maximum atomic E-state index is 12.5. The van der Waals surface area contributed by atoms with E-state index in [0.717, 1.165) is 26.4 Å². The average Bonchev–Trinajstić information content (AvgIpc) is 3.02. The fraction of sp³-hybridized carbons (Fsp3) is 0.182. The minimum Gasteiger partial charge on any atom is -0.464 e. The van der Waals surface area contributed by atoms with E-state index < -0.39 is 5.63 Å². The normalized spacial score (nSPS) is 11.3. The number of benzene rings is 2. The Bertz CT molecular complexity index is 1320. The number of amides is 1. The Balaban J connectivity index is 1.60. The van der Waals surface area contributed by atoms with Gasteiger partial charge in [0, 0.05) is 33.3 Å². The Kier molecular flexibility index (Phi) is 5.23. The van der Waals surface area contributed by atoms with Crippen molar-refractivity contribution >= 4 is 61.1 Å². The van der Waals surface area contributed by atoms with Crippen molar-refractivity contribution in [2.75, 3.05) is 5.32 Å². The molecule has 1 amide bonds. The molecule has 0 unspecified atom stereocenters. The van der Waals surface area contributed by atoms with Crippen LogP contribution in [0.4, 0.5) is 5.69 Å². The number of anilines is 1. The minimum atomic E-state index is -0.438. The summed E-state index contributed by atoms with van der Waals surface area (Å²) < 4.78 is 11.8. The van der Waals surface area contributed by atoms with Gasteiger partial charge in [-0.2, -0.15) is 0 Å². The minimum absolute atomic E-state index is 0.135. The first-order valence-corrected chi connectivity index (χ1v) is 10.2. The number of furan rings is 1. The van der Waals surface area contributed by atoms with Gasteiger partial charge in [0.25, 0.3) is 0 Å². The second-order valence-corrected chi connectivity index (χ2v) is 8.25. The zero-order valence-corrected chi connectivity index (χ0v) is 18.1. The van der Waals surface area contributed by atoms with Crippen LogP contribution in [0.1, 0.15) is 23.1 Å². The number of hydrogen-bond donors (Lipinski definition) is 1. The van der Waals surface area contributed by atoms with Crippen LogP contribution in [-0.2, 0) is 11.2 Å². The van der Waals surface area contributed by atoms with Crippen LogP contribution < -0.4 is 10.9 Å². The first-order valence-electron chi connectivity index (χ1n) is 9.02. The molecule has 1 N–H and O–H groups in total. The van der Waals surface area contributed by atoms with Gasteiger partial charge in [0.1, 0.15) is 11.2 Å². The Labute approximate surface area is 179 Å². The third kappa shape index (κ3) is 3.82. The Hall–Kier alpha value is -2.57. The molecule has 0 atom stereocenters. The standard InChI is InChI=1S/C22H17BrClNO4/c1-11-10-28-19-9-20-16(8-15(11)19)12(2)14(22(27)29-20)4-6-21(26)25-18-5-3-13(23)7-17(18)24/h3,5,7-10H,4,6H2,1-2H3,(H,25,26). The third-order valence-corrected chi connectivity index (χ3v) is 5.79. The summed E-state index contributed by atoms with van der Waals surface area (Å²) >= 11 is 9.47. The first kappa shape index (κ1) is 19.7. The number of halogens is 2. The molecular formula is C22H17BrClNO4. The van der Waals surface area contributed by atoms with Crippen molar-refractivity contribution in [3.05, 3.63) is 73.2 Å². The van der Waals surface area contributed by atoms with Crippen LogP contribution in [0.2, 0.25) is 5.02 Å². The largest absolute Gasteiger partial charge is 0.464 e. The predicted molar refractivity (Wildman–Crippen MR) is 118 cm³/mol. The van der Waals surface area contributed by atoms with E-state index in [1.807, 2.05) is 19.9 Å². The van der Waals surface area contributed by atoms with E-state index in [0.29, 0.717) is 27.4 Å². The lowest BCUT2D eigenvalue weighted by Gasteiger charge is -2.10. The topological polar surface area (TPSA) is 72.5 Å². The maximum Gasteiger partial charge on any atom is 0.339 e. The summed E-state index contributed by atoms with van der Waals surface area (Å²) in [7, 11) is 0. The van der Waals surface area contributed by atoms with Crippen LogP contribution in [0.15, 0.2) is 54.7 Å². The Morgan fingerprint density at radius 1 is 1.14 bits per heavy atom. The lowest BCUT2D eigenvalue weighted by atomic mass is 10.0. The number of nitrogens with one attached hydrogen (secondary N) is 1. The summed E-state index contributed by atoms with van der Waals surface area (Å²) in [5, 5.41) is 5.03. The van der Waals surface area contributed by atoms with Gasteiger partial charge in [-0.05, 0) is 55.7 Å². The van der Waals surface area contributed by atoms with Gasteiger partial charge in [-0.3, -0.25) is 4.79 Å². The maximum absolute atomic E-state index is 12.5. The zero-order valence-electron chi connectivity index (χ0n) is 15.8. The smallest absolute Gasteiger partial charge is 0.339 e. The second-order valence-electron chi connectivity index (χ2n) is 6.93. The highest BCUT2D eigenvalue weighted by Crippen LogP contribution is 2.29. The Morgan fingerprint density at radius 2 is 1.93 bits per heavy atom. The monoisotopic (exact) mass is 473 g/mol. The molecule has 5 nitrogen and oxygen atoms in total. The van der Waals surface area contributed by atoms with E-state index in [4.69, 9.17) is 20.4 Å². The van der Waals surface area contributed by atoms with Crippen molar-refractivity contribution in [1.82, 2.24) is 0 Å². The number of carbonyl (C=O) groups is 1. The third-order valence-electron chi connectivity index (χ3n) is 4.98. The van der Waals surface area contributed by atoms with Gasteiger partial charge in [-0.25, -0.2) is 4.79 Å². The molecule has 0 fully saturated rings. The van der Waals surface area contributed by atoms with E-state index >= 15 is 0 Å². The number of aryl methyl sites for hydroxylation is 2. The average molecular weight is 475 g/mol. The molecular weight excluding hydrogens is 458 g/mol. The molecule has 4 aromatic rings. The van der Waals surface area contributed by atoms with E-state index in [2.05, 4.69) is 21.2 Å². The summed E-state index contributed by atoms with van der Waals surface area (Å²) in [6.07, 6.45) is 2.08. The van der Waals surface area contributed by atoms with E-state index in [1.54, 1.807) is 30.5 Å². The highest BCUT2D eigenvalue weighted by atomic mass is 79.9. The fourth-order valence-electron chi connectivity index (χ4n) is 3.37. The van der Waals surface area contributed by atoms with Crippen LogP contribution >= 0.6 is 27.5 Å². The molecule has 2 heterocycles. The quantitative estimate of drug-likeness (QED) is 0.360. The summed E-state index contributed by atoms with van der Waals surface area (Å²) in [4.78, 5) is 24.9. The predicted octanol–water partition coefficient (Wildman–Crippen LogP) is 6.14. The van der Waals surface area contributed by atoms with Crippen LogP contribution in [-0.4, -0.2) is 5.91 Å². The van der Waals surface area contributed by atoms with Crippen molar-refractivity contribution in [1.29, 1.82) is 0 Å². The molecule has 0 aliphatic rings. The van der Waals surface area contributed by atoms with E-state index in [-0.39, 0.29) is 18.7 Å². The van der Waals surface area contributed by atoms with E-state index in [1.165, 1.54) is 0 Å². The molecule has 0 radical (unpaired) electrons. The van der Waals surface area contributed by atoms with Crippen molar-refractivity contribution in [2.24, 2.45) is 0 Å². The van der Waals surface area contributed by atoms with E-state index in [9.17, 15) is 9.59 Å². The molecule has 4 rings (SSSR count). The van der Waals surface area contributed by atoms with Gasteiger partial charge in [-0.15, -0.1) is 0 Å². The number of carbonyl (C=O) groups excluding carboxylic acids is 1. The molecule has 0 aliphatic heterocycles. The summed E-state index contributed by atoms with van der Waals surface area (Å²) in [5.41, 5.74) is 3.57. The highest BCUT2D eigenvalue weighted by Gasteiger charge is 2.16. The molecule has 2 aromatic carbocycles. The van der Waals surface area contributed by atoms with Gasteiger partial charge in [0.05, 0.1) is 17.0 Å². The molecule has 29 heavy (non-hydrogen) atoms. The molecule has 2 aromatic heterocycles. The second kappa shape index (κ2) is 7.69. The first-order chi connectivity index (χ1) is 13.8. The van der Waals surface area contributed by atoms with Crippen molar-refractivity contribution in [2.45, 2.75) is 26.7 Å². The van der Waals surface area contributed by atoms with Crippen molar-refractivity contribution in [3.63, 3.8) is 0 Å². The van der Waals surface area contributed by atoms with Gasteiger partial charge >= 0.3 is 5.63 Å². The van der Waals surface area contributed by atoms with Gasteiger partial charge < -0.3 is 14.2 Å². The zero-order chi connectivity index (χ0) is 20.7. The molecule has 7 heteroatoms. The molecule has 148 valence electrons. The van der Waals surface area contributed by atoms with Crippen molar-refractivity contribution < 1.29 is 13.6 Å². The molecule has 0 bridgehead atoms. The molecule has 0 saturated heterocycles. The molecule has 0 saturated carbocycles. The van der Waals surface area contributed by atoms with Crippen molar-refractivity contribution in [3.8, 4) is 0 Å². The Morgan fingerprint density at radius 3 is 2.69 bits per heavy atom. The number of hydrogen-bond acceptors (Lipinski definition) is 4. The SMILES string of the molecule is Cc1coc2cc3oc(=O)c(CCC(=O)Nc4ccc(Br)cc4Cl)c(C)c3cc12. The van der Waals surface area contributed by atoms with Crippen LogP contribution in [0.3, 0.4) is 0 Å². The lowest BCUT2D eigenvalue weighted by molar-refractivity contribution is -0.116. The molecule has 0 aliphatic carbocycles. The summed E-state index contributed by atoms with van der Waals surface area (Å²) in [6, 6.07) is 8.92. The van der Waals surface area contributed by atoms with Crippen LogP contribution in [0.25, 0.3) is 21.9 Å². The van der Waals surface area contributed by atoms with Gasteiger partial charge in [-0.1, -0.05) is 27.5 Å².